The summed E-state index contributed by atoms with van der Waals surface area (Å²) in [4.78, 5) is 0. The maximum atomic E-state index is 9.92. The van der Waals surface area contributed by atoms with Crippen LogP contribution >= 0.6 is 0 Å². The van der Waals surface area contributed by atoms with Gasteiger partial charge in [0.05, 0.1) is 0 Å². The van der Waals surface area contributed by atoms with Crippen molar-refractivity contribution in [2.24, 2.45) is 0 Å². The minimum atomic E-state index is -0.451. The van der Waals surface area contributed by atoms with E-state index in [1.165, 1.54) is 0 Å². The van der Waals surface area contributed by atoms with Crippen molar-refractivity contribution in [3.8, 4) is 17.2 Å². The van der Waals surface area contributed by atoms with E-state index < -0.39 is 5.75 Å². The van der Waals surface area contributed by atoms with Crippen molar-refractivity contribution in [3.63, 3.8) is 0 Å². The van der Waals surface area contributed by atoms with Gasteiger partial charge in [-0.1, -0.05) is 37.3 Å². The van der Waals surface area contributed by atoms with E-state index in [2.05, 4.69) is 0 Å². The van der Waals surface area contributed by atoms with E-state index in [4.69, 9.17) is 0 Å². The summed E-state index contributed by atoms with van der Waals surface area (Å²) in [5, 5.41) is 29.1. The lowest BCUT2D eigenvalue weighted by molar-refractivity contribution is 0.362. The van der Waals surface area contributed by atoms with Gasteiger partial charge in [0.1, 0.15) is 0 Å². The number of hydrogen-bond donors (Lipinski definition) is 3. The van der Waals surface area contributed by atoms with Crippen LogP contribution in [0.25, 0.3) is 0 Å². The molecule has 2 aromatic rings. The molecule has 0 amide bonds. The fourth-order valence-electron chi connectivity index (χ4n) is 2.06. The molecule has 0 heterocycles. The highest BCUT2D eigenvalue weighted by Crippen LogP contribution is 2.43. The molecular weight excluding hydrogens is 228 g/mol. The Bertz CT molecular complexity index is 562. The van der Waals surface area contributed by atoms with Gasteiger partial charge >= 0.3 is 0 Å². The molecule has 3 nitrogen and oxygen atoms in total. The van der Waals surface area contributed by atoms with Crippen LogP contribution in [0.2, 0.25) is 0 Å². The van der Waals surface area contributed by atoms with Crippen molar-refractivity contribution in [1.29, 1.82) is 0 Å². The Morgan fingerprint density at radius 2 is 1.50 bits per heavy atom. The van der Waals surface area contributed by atoms with E-state index >= 15 is 0 Å². The molecule has 3 N–H and O–H groups in total. The maximum absolute atomic E-state index is 9.92. The summed E-state index contributed by atoms with van der Waals surface area (Å²) in [5.41, 5.74) is 2.19. The first kappa shape index (κ1) is 12.3. The van der Waals surface area contributed by atoms with Gasteiger partial charge in [-0.15, -0.1) is 0 Å². The highest BCUT2D eigenvalue weighted by atomic mass is 16.3. The molecule has 3 heteroatoms. The summed E-state index contributed by atoms with van der Waals surface area (Å²) >= 11 is 0. The first-order valence-corrected chi connectivity index (χ1v) is 5.81. The predicted molar refractivity (Wildman–Crippen MR) is 70.1 cm³/mol. The Morgan fingerprint density at radius 1 is 0.889 bits per heavy atom. The van der Waals surface area contributed by atoms with Gasteiger partial charge in [-0.25, -0.2) is 0 Å². The highest BCUT2D eigenvalue weighted by Gasteiger charge is 2.19. The van der Waals surface area contributed by atoms with E-state index in [9.17, 15) is 15.3 Å². The molecule has 0 aliphatic rings. The second-order valence-corrected chi connectivity index (χ2v) is 4.46. The minimum absolute atomic E-state index is 0.0589. The Kier molecular flexibility index (Phi) is 3.15. The van der Waals surface area contributed by atoms with E-state index in [1.807, 2.05) is 37.3 Å². The van der Waals surface area contributed by atoms with Crippen molar-refractivity contribution >= 4 is 0 Å². The Labute approximate surface area is 106 Å². The zero-order valence-electron chi connectivity index (χ0n) is 10.4. The molecule has 2 aromatic carbocycles. The SMILES string of the molecule is Cc1cc(C(C)c2ccccc2)c(O)c(O)c1O. The Morgan fingerprint density at radius 3 is 2.11 bits per heavy atom. The first-order chi connectivity index (χ1) is 8.52. The average molecular weight is 244 g/mol. The molecule has 0 saturated carbocycles. The molecule has 94 valence electrons. The molecule has 18 heavy (non-hydrogen) atoms. The third-order valence-electron chi connectivity index (χ3n) is 3.23. The van der Waals surface area contributed by atoms with Crippen LogP contribution in [0.4, 0.5) is 0 Å². The van der Waals surface area contributed by atoms with Gasteiger partial charge in [-0.3, -0.25) is 0 Å². The van der Waals surface area contributed by atoms with Crippen LogP contribution in [0, 0.1) is 6.92 Å². The normalized spacial score (nSPS) is 12.3. The second-order valence-electron chi connectivity index (χ2n) is 4.46. The molecule has 2 rings (SSSR count). The molecular formula is C15H16O3. The molecule has 0 fully saturated rings. The second kappa shape index (κ2) is 4.61. The lowest BCUT2D eigenvalue weighted by Crippen LogP contribution is -1.97. The standard InChI is InChI=1S/C15H16O3/c1-9-8-12(14(17)15(18)13(9)16)10(2)11-6-4-3-5-7-11/h3-8,10,16-18H,1-2H3. The number of phenolic OH excluding ortho intramolecular Hbond substituents is 3. The van der Waals surface area contributed by atoms with Gasteiger partial charge in [-0.2, -0.15) is 0 Å². The van der Waals surface area contributed by atoms with Crippen LogP contribution in [0.3, 0.4) is 0 Å². The van der Waals surface area contributed by atoms with Gasteiger partial charge in [-0.05, 0) is 24.1 Å². The summed E-state index contributed by atoms with van der Waals surface area (Å²) < 4.78 is 0. The van der Waals surface area contributed by atoms with E-state index in [-0.39, 0.29) is 17.4 Å². The molecule has 0 aromatic heterocycles. The van der Waals surface area contributed by atoms with Crippen LogP contribution in [0.15, 0.2) is 36.4 Å². The van der Waals surface area contributed by atoms with Crippen LogP contribution in [0.5, 0.6) is 17.2 Å². The summed E-state index contributed by atoms with van der Waals surface area (Å²) in [6.45, 7) is 3.63. The van der Waals surface area contributed by atoms with Gasteiger partial charge in [0.15, 0.2) is 11.5 Å². The monoisotopic (exact) mass is 244 g/mol. The molecule has 0 aliphatic heterocycles. The van der Waals surface area contributed by atoms with Crippen molar-refractivity contribution in [2.75, 3.05) is 0 Å². The number of rotatable bonds is 2. The third kappa shape index (κ3) is 1.99. The van der Waals surface area contributed by atoms with Crippen molar-refractivity contribution in [3.05, 3.63) is 53.1 Å². The zero-order valence-corrected chi connectivity index (χ0v) is 10.4. The van der Waals surface area contributed by atoms with E-state index in [0.29, 0.717) is 11.1 Å². The van der Waals surface area contributed by atoms with Crippen LogP contribution in [-0.4, -0.2) is 15.3 Å². The van der Waals surface area contributed by atoms with Crippen LogP contribution in [-0.2, 0) is 0 Å². The summed E-state index contributed by atoms with van der Waals surface area (Å²) in [6, 6.07) is 11.4. The van der Waals surface area contributed by atoms with Crippen LogP contribution in [0.1, 0.15) is 29.5 Å². The number of phenols is 3. The quantitative estimate of drug-likeness (QED) is 0.710. The van der Waals surface area contributed by atoms with E-state index in [0.717, 1.165) is 5.56 Å². The van der Waals surface area contributed by atoms with Gasteiger partial charge < -0.3 is 15.3 Å². The summed E-state index contributed by atoms with van der Waals surface area (Å²) in [5.74, 6) is -1.03. The van der Waals surface area contributed by atoms with Crippen LogP contribution < -0.4 is 0 Å². The largest absolute Gasteiger partial charge is 0.504 e. The van der Waals surface area contributed by atoms with Gasteiger partial charge in [0.25, 0.3) is 0 Å². The molecule has 0 radical (unpaired) electrons. The lowest BCUT2D eigenvalue weighted by Gasteiger charge is -2.16. The summed E-state index contributed by atoms with van der Waals surface area (Å²) in [7, 11) is 0. The minimum Gasteiger partial charge on any atom is -0.504 e. The maximum Gasteiger partial charge on any atom is 0.200 e. The molecule has 0 spiro atoms. The molecule has 1 atom stereocenters. The third-order valence-corrected chi connectivity index (χ3v) is 3.23. The zero-order chi connectivity index (χ0) is 13.3. The lowest BCUT2D eigenvalue weighted by atomic mass is 9.91. The van der Waals surface area contributed by atoms with Crippen molar-refractivity contribution < 1.29 is 15.3 Å². The first-order valence-electron chi connectivity index (χ1n) is 5.81. The Balaban J connectivity index is 2.52. The molecule has 1 unspecified atom stereocenters. The number of benzene rings is 2. The highest BCUT2D eigenvalue weighted by molar-refractivity contribution is 5.59. The fraction of sp³-hybridized carbons (Fsp3) is 0.200. The Hall–Kier alpha value is -2.16. The van der Waals surface area contributed by atoms with Gasteiger partial charge in [0, 0.05) is 11.5 Å². The predicted octanol–water partition coefficient (Wildman–Crippen LogP) is 3.26. The van der Waals surface area contributed by atoms with Crippen molar-refractivity contribution in [2.45, 2.75) is 19.8 Å². The fourth-order valence-corrected chi connectivity index (χ4v) is 2.06. The molecule has 0 saturated heterocycles. The van der Waals surface area contributed by atoms with Crippen molar-refractivity contribution in [1.82, 2.24) is 0 Å². The summed E-state index contributed by atoms with van der Waals surface area (Å²) in [6.07, 6.45) is 0. The molecule has 0 aliphatic carbocycles. The van der Waals surface area contributed by atoms with Gasteiger partial charge in [0.2, 0.25) is 5.75 Å². The number of hydrogen-bond acceptors (Lipinski definition) is 3. The number of aromatic hydroxyl groups is 3. The smallest absolute Gasteiger partial charge is 0.200 e. The number of aryl methyl sites for hydroxylation is 1. The van der Waals surface area contributed by atoms with E-state index in [1.54, 1.807) is 13.0 Å². The molecule has 0 bridgehead atoms. The topological polar surface area (TPSA) is 60.7 Å². The average Bonchev–Trinajstić information content (AvgIpc) is 2.41.